The maximum absolute atomic E-state index is 9.95. The van der Waals surface area contributed by atoms with E-state index in [1.807, 2.05) is 0 Å². The molecule has 0 aromatic heterocycles. The van der Waals surface area contributed by atoms with Crippen molar-refractivity contribution in [3.8, 4) is 0 Å². The van der Waals surface area contributed by atoms with Crippen LogP contribution in [0.15, 0.2) is 0 Å². The van der Waals surface area contributed by atoms with Gasteiger partial charge in [0.25, 0.3) is 0 Å². The molecule has 0 heterocycles. The second-order valence-corrected chi connectivity index (χ2v) is 19.9. The summed E-state index contributed by atoms with van der Waals surface area (Å²) < 4.78 is 116. The van der Waals surface area contributed by atoms with Crippen LogP contribution in [0.1, 0.15) is 0 Å². The fourth-order valence-electron chi connectivity index (χ4n) is 0. The lowest BCUT2D eigenvalue weighted by atomic mass is 10.8. The summed E-state index contributed by atoms with van der Waals surface area (Å²) in [4.78, 5) is 50.2. The number of hydrogen-bond acceptors (Lipinski definition) is 12. The first-order valence-electron chi connectivity index (χ1n) is 13.9. The normalized spacial score (nSPS) is 11.6. The number of nitrogens with zero attached hydrogens (tertiary/aromatic N) is 6. The molecule has 0 fully saturated rings. The zero-order valence-corrected chi connectivity index (χ0v) is 41.9. The van der Waals surface area contributed by atoms with Gasteiger partial charge in [0, 0.05) is 0 Å². The quantitative estimate of drug-likeness (QED) is 0.192. The van der Waals surface area contributed by atoms with Crippen LogP contribution in [0.25, 0.3) is 0 Å². The molecular formula is C24H72F6N6O12P6+6. The molecule has 0 bridgehead atoms. The van der Waals surface area contributed by atoms with Crippen LogP contribution >= 0.6 is 50.0 Å². The van der Waals surface area contributed by atoms with E-state index < -0.39 is 50.0 Å². The van der Waals surface area contributed by atoms with Crippen LogP contribution < -0.4 is 29.4 Å². The van der Waals surface area contributed by atoms with Crippen LogP contribution in [0.2, 0.25) is 0 Å². The number of rotatable bonds is 0. The molecule has 54 heavy (non-hydrogen) atoms. The van der Waals surface area contributed by atoms with Crippen molar-refractivity contribution < 1.29 is 109 Å². The third kappa shape index (κ3) is 1480000. The minimum atomic E-state index is -3.62. The Morgan fingerprint density at radius 2 is 0.222 bits per heavy atom. The van der Waals surface area contributed by atoms with Crippen molar-refractivity contribution in [3.63, 3.8) is 0 Å². The van der Waals surface area contributed by atoms with E-state index >= 15 is 0 Å². The van der Waals surface area contributed by atoms with Gasteiger partial charge in [0.2, 0.25) is 0 Å². The first kappa shape index (κ1) is 85.8. The van der Waals surface area contributed by atoms with E-state index in [4.69, 9.17) is 56.8 Å². The highest BCUT2D eigenvalue weighted by atomic mass is 31.2. The monoisotopic (exact) mass is 936 g/mol. The molecule has 0 saturated heterocycles. The second-order valence-electron chi connectivity index (χ2n) is 17.4. The summed E-state index contributed by atoms with van der Waals surface area (Å²) in [6.45, 7) is 0. The first-order chi connectivity index (χ1) is 22.4. The van der Waals surface area contributed by atoms with E-state index in [9.17, 15) is 25.2 Å². The zero-order valence-electron chi connectivity index (χ0n) is 36.5. The Balaban J connectivity index is -0.0000000357. The van der Waals surface area contributed by atoms with E-state index in [-0.39, 0.29) is 0 Å². The van der Waals surface area contributed by atoms with Gasteiger partial charge in [0.1, 0.15) is 0 Å². The minimum Gasteiger partial charge on any atom is -0.562 e. The second kappa shape index (κ2) is 48.8. The molecule has 0 aromatic carbocycles. The van der Waals surface area contributed by atoms with Gasteiger partial charge in [0.15, 0.2) is 0 Å². The van der Waals surface area contributed by atoms with Gasteiger partial charge in [-0.1, -0.05) is 0 Å². The Morgan fingerprint density at radius 3 is 0.222 bits per heavy atom. The molecule has 0 aliphatic rings. The minimum absolute atomic E-state index is 1.00. The van der Waals surface area contributed by atoms with Crippen molar-refractivity contribution in [1.29, 1.82) is 0 Å². The maximum atomic E-state index is 9.95. The lowest BCUT2D eigenvalue weighted by Crippen LogP contribution is -2.27. The lowest BCUT2D eigenvalue weighted by Gasteiger charge is -2.14. The summed E-state index contributed by atoms with van der Waals surface area (Å²) in [5.41, 5.74) is 0. The van der Waals surface area contributed by atoms with Crippen LogP contribution in [0.5, 0.6) is 0 Å². The highest BCUT2D eigenvalue weighted by molar-refractivity contribution is 7.30. The molecule has 0 aliphatic heterocycles. The molecule has 6 atom stereocenters. The van der Waals surface area contributed by atoms with E-state index in [1.54, 1.807) is 0 Å². The van der Waals surface area contributed by atoms with Gasteiger partial charge in [0.05, 0.1) is 194 Å². The SMILES string of the molecule is C[N+](C)(C)C.C[N+](C)(C)C.C[N+](C)(C)C.C[N+](C)(C)C.C[N+](C)(C)C.C[N+](C)(C)C.O=[P+]([O-])F.O=[P+]([O-])F.O=[P+]([O-])F.O=[P+]([O-])F.O=[P+]([O-])F.O=[P+]([O-])F. The van der Waals surface area contributed by atoms with Crippen LogP contribution in [0.3, 0.4) is 0 Å². The van der Waals surface area contributed by atoms with Gasteiger partial charge in [-0.3, -0.25) is 0 Å². The van der Waals surface area contributed by atoms with Crippen LogP contribution in [0, 0.1) is 0 Å². The largest absolute Gasteiger partial charge is 0.562 e. The molecule has 0 radical (unpaired) electrons. The van der Waals surface area contributed by atoms with Crippen LogP contribution in [-0.2, 0) is 27.4 Å². The van der Waals surface area contributed by atoms with E-state index in [0.29, 0.717) is 0 Å². The summed E-state index contributed by atoms with van der Waals surface area (Å²) in [6.07, 6.45) is 0. The molecule has 18 nitrogen and oxygen atoms in total. The third-order valence-corrected chi connectivity index (χ3v) is 0. The van der Waals surface area contributed by atoms with Crippen molar-refractivity contribution in [2.75, 3.05) is 169 Å². The summed E-state index contributed by atoms with van der Waals surface area (Å²) in [5.74, 6) is 0. The summed E-state index contributed by atoms with van der Waals surface area (Å²) >= 11 is 0. The van der Waals surface area contributed by atoms with Crippen molar-refractivity contribution in [2.45, 2.75) is 0 Å². The van der Waals surface area contributed by atoms with Crippen LogP contribution in [-0.4, -0.2) is 196 Å². The molecule has 336 valence electrons. The standard InChI is InChI=1S/6C4H12N.6FO2P/c6*1-5(2,3)4;6*1-4(2)3/h6*1-4H3;;;;;;/q6*+1;;;;;;. The lowest BCUT2D eigenvalue weighted by molar-refractivity contribution is -0.849. The third-order valence-electron chi connectivity index (χ3n) is 0. The Bertz CT molecular complexity index is 672. The van der Waals surface area contributed by atoms with Gasteiger partial charge in [-0.2, -0.15) is 0 Å². The average molecular weight is 937 g/mol. The molecule has 0 rings (SSSR count). The Morgan fingerprint density at radius 1 is 0.222 bits per heavy atom. The molecule has 0 saturated carbocycles. The zero-order chi connectivity index (χ0) is 48.5. The highest BCUT2D eigenvalue weighted by Crippen LogP contribution is 2.05. The molecule has 0 N–H and O–H groups in total. The fraction of sp³-hybridized carbons (Fsp3) is 1.00. The maximum Gasteiger partial charge on any atom is 0.540 e. The average Bonchev–Trinajstić information content (AvgIpc) is 2.55. The smallest absolute Gasteiger partial charge is 0.540 e. The van der Waals surface area contributed by atoms with Gasteiger partial charge < -0.3 is 56.3 Å². The van der Waals surface area contributed by atoms with E-state index in [1.165, 1.54) is 0 Å². The van der Waals surface area contributed by atoms with Crippen molar-refractivity contribution >= 4 is 50.0 Å². The first-order valence-corrected chi connectivity index (χ1v) is 20.3. The molecule has 0 aliphatic carbocycles. The molecule has 0 amide bonds. The summed E-state index contributed by atoms with van der Waals surface area (Å²) in [6, 6.07) is 0. The van der Waals surface area contributed by atoms with Gasteiger partial charge in [-0.05, 0) is 27.4 Å². The number of quaternary nitrogens is 6. The van der Waals surface area contributed by atoms with Crippen molar-refractivity contribution in [2.24, 2.45) is 0 Å². The summed E-state index contributed by atoms with van der Waals surface area (Å²) in [7, 11) is 29.3. The van der Waals surface area contributed by atoms with Gasteiger partial charge >= 0.3 is 50.0 Å². The van der Waals surface area contributed by atoms with Crippen LogP contribution in [0.4, 0.5) is 25.2 Å². The molecule has 6 unspecified atom stereocenters. The van der Waals surface area contributed by atoms with Crippen molar-refractivity contribution in [1.82, 2.24) is 0 Å². The fourth-order valence-corrected chi connectivity index (χ4v) is 0. The van der Waals surface area contributed by atoms with Gasteiger partial charge in [-0.25, -0.2) is 0 Å². The number of halogens is 6. The van der Waals surface area contributed by atoms with E-state index in [0.717, 1.165) is 26.9 Å². The highest BCUT2D eigenvalue weighted by Gasteiger charge is 1.91. The molecule has 0 spiro atoms. The predicted molar refractivity (Wildman–Crippen MR) is 196 cm³/mol. The molecule has 0 aromatic rings. The van der Waals surface area contributed by atoms with E-state index in [2.05, 4.69) is 169 Å². The Kier molecular flexibility index (Phi) is 77.6. The summed E-state index contributed by atoms with van der Waals surface area (Å²) in [5, 5.41) is 0. The number of hydrogen-bond donors (Lipinski definition) is 0. The topological polar surface area (TPSA) is 241 Å². The Labute approximate surface area is 327 Å². The predicted octanol–water partition coefficient (Wildman–Crippen LogP) is 1.78. The van der Waals surface area contributed by atoms with Crippen molar-refractivity contribution in [3.05, 3.63) is 0 Å². The molecule has 30 heteroatoms. The van der Waals surface area contributed by atoms with Gasteiger partial charge in [-0.15, -0.1) is 0 Å². The Hall–Kier alpha value is -0.300. The molecular weight excluding hydrogens is 864 g/mol.